The molecule has 0 aromatic heterocycles. The highest BCUT2D eigenvalue weighted by atomic mass is 35.5. The van der Waals surface area contributed by atoms with E-state index >= 15 is 0 Å². The van der Waals surface area contributed by atoms with Crippen molar-refractivity contribution >= 4 is 23.3 Å². The number of carboxylic acid groups (broad SMARTS) is 1. The van der Waals surface area contributed by atoms with Gasteiger partial charge in [-0.15, -0.1) is 0 Å². The fourth-order valence-corrected chi connectivity index (χ4v) is 1.94. The standard InChI is InChI=1S/C13H18ClNO2/c1-10(2)9-15(8-7-13(16)17)12-6-4-3-5-11(12)14/h3-6,10H,7-9H2,1-2H3,(H,16,17). The smallest absolute Gasteiger partial charge is 0.305 e. The minimum absolute atomic E-state index is 0.123. The van der Waals surface area contributed by atoms with E-state index in [4.69, 9.17) is 16.7 Å². The monoisotopic (exact) mass is 255 g/mol. The van der Waals surface area contributed by atoms with Crippen LogP contribution in [-0.4, -0.2) is 24.2 Å². The molecule has 0 aliphatic carbocycles. The van der Waals surface area contributed by atoms with Crippen molar-refractivity contribution < 1.29 is 9.90 Å². The highest BCUT2D eigenvalue weighted by Gasteiger charge is 2.12. The first-order valence-corrected chi connectivity index (χ1v) is 6.09. The lowest BCUT2D eigenvalue weighted by atomic mass is 10.1. The van der Waals surface area contributed by atoms with Crippen molar-refractivity contribution in [3.8, 4) is 0 Å². The second-order valence-corrected chi connectivity index (χ2v) is 4.84. The number of nitrogens with zero attached hydrogens (tertiary/aromatic N) is 1. The summed E-state index contributed by atoms with van der Waals surface area (Å²) in [6.45, 7) is 5.49. The average Bonchev–Trinajstić information content (AvgIpc) is 2.24. The first-order valence-electron chi connectivity index (χ1n) is 5.72. The van der Waals surface area contributed by atoms with E-state index in [0.717, 1.165) is 12.2 Å². The highest BCUT2D eigenvalue weighted by Crippen LogP contribution is 2.26. The third kappa shape index (κ3) is 4.65. The van der Waals surface area contributed by atoms with Gasteiger partial charge in [-0.1, -0.05) is 37.6 Å². The molecule has 94 valence electrons. The molecule has 0 fully saturated rings. The van der Waals surface area contributed by atoms with Gasteiger partial charge in [0.1, 0.15) is 0 Å². The van der Waals surface area contributed by atoms with Crippen LogP contribution >= 0.6 is 11.6 Å². The van der Waals surface area contributed by atoms with Crippen molar-refractivity contribution in [3.05, 3.63) is 29.3 Å². The van der Waals surface area contributed by atoms with Crippen LogP contribution in [0.25, 0.3) is 0 Å². The van der Waals surface area contributed by atoms with Crippen molar-refractivity contribution in [2.75, 3.05) is 18.0 Å². The number of carboxylic acids is 1. The zero-order valence-corrected chi connectivity index (χ0v) is 10.9. The van der Waals surface area contributed by atoms with Crippen LogP contribution in [-0.2, 0) is 4.79 Å². The molecule has 1 aromatic rings. The molecule has 17 heavy (non-hydrogen) atoms. The van der Waals surface area contributed by atoms with E-state index in [1.165, 1.54) is 0 Å². The Bertz CT molecular complexity index is 379. The Hall–Kier alpha value is -1.22. The molecule has 0 aliphatic heterocycles. The van der Waals surface area contributed by atoms with E-state index in [9.17, 15) is 4.79 Å². The van der Waals surface area contributed by atoms with Crippen molar-refractivity contribution in [3.63, 3.8) is 0 Å². The maximum absolute atomic E-state index is 10.6. The van der Waals surface area contributed by atoms with E-state index in [2.05, 4.69) is 13.8 Å². The van der Waals surface area contributed by atoms with Gasteiger partial charge in [0.05, 0.1) is 17.1 Å². The molecule has 1 rings (SSSR count). The van der Waals surface area contributed by atoms with E-state index in [1.54, 1.807) is 0 Å². The molecular weight excluding hydrogens is 238 g/mol. The number of halogens is 1. The first kappa shape index (κ1) is 13.8. The molecule has 3 nitrogen and oxygen atoms in total. The van der Waals surface area contributed by atoms with Crippen molar-refractivity contribution in [1.82, 2.24) is 0 Å². The van der Waals surface area contributed by atoms with Crippen LogP contribution in [0.15, 0.2) is 24.3 Å². The summed E-state index contributed by atoms with van der Waals surface area (Å²) in [6.07, 6.45) is 0.123. The summed E-state index contributed by atoms with van der Waals surface area (Å²) in [4.78, 5) is 12.7. The number of anilines is 1. The van der Waals surface area contributed by atoms with Gasteiger partial charge in [-0.25, -0.2) is 0 Å². The van der Waals surface area contributed by atoms with Gasteiger partial charge < -0.3 is 10.0 Å². The molecular formula is C13H18ClNO2. The van der Waals surface area contributed by atoms with Crippen LogP contribution in [0.3, 0.4) is 0 Å². The lowest BCUT2D eigenvalue weighted by molar-refractivity contribution is -0.136. The third-order valence-corrected chi connectivity index (χ3v) is 2.69. The van der Waals surface area contributed by atoms with E-state index in [0.29, 0.717) is 17.5 Å². The maximum atomic E-state index is 10.6. The van der Waals surface area contributed by atoms with E-state index in [-0.39, 0.29) is 6.42 Å². The van der Waals surface area contributed by atoms with Crippen LogP contribution in [0.1, 0.15) is 20.3 Å². The number of hydrogen-bond acceptors (Lipinski definition) is 2. The number of hydrogen-bond donors (Lipinski definition) is 1. The molecule has 4 heteroatoms. The lowest BCUT2D eigenvalue weighted by Gasteiger charge is -2.27. The van der Waals surface area contributed by atoms with Crippen LogP contribution in [0, 0.1) is 5.92 Å². The third-order valence-electron chi connectivity index (χ3n) is 2.37. The quantitative estimate of drug-likeness (QED) is 0.848. The zero-order chi connectivity index (χ0) is 12.8. The largest absolute Gasteiger partial charge is 0.481 e. The zero-order valence-electron chi connectivity index (χ0n) is 10.2. The molecule has 0 atom stereocenters. The topological polar surface area (TPSA) is 40.5 Å². The van der Waals surface area contributed by atoms with Crippen molar-refractivity contribution in [2.24, 2.45) is 5.92 Å². The van der Waals surface area contributed by atoms with Gasteiger partial charge >= 0.3 is 5.97 Å². The molecule has 0 amide bonds. The van der Waals surface area contributed by atoms with Crippen LogP contribution < -0.4 is 4.90 Å². The summed E-state index contributed by atoms with van der Waals surface area (Å²) in [5, 5.41) is 9.42. The van der Waals surface area contributed by atoms with Crippen LogP contribution in [0.4, 0.5) is 5.69 Å². The molecule has 0 heterocycles. The summed E-state index contributed by atoms with van der Waals surface area (Å²) in [6, 6.07) is 7.53. The lowest BCUT2D eigenvalue weighted by Crippen LogP contribution is -2.30. The van der Waals surface area contributed by atoms with Gasteiger partial charge in [0.15, 0.2) is 0 Å². The van der Waals surface area contributed by atoms with Crippen LogP contribution in [0.2, 0.25) is 5.02 Å². The van der Waals surface area contributed by atoms with Gasteiger partial charge in [0, 0.05) is 13.1 Å². The van der Waals surface area contributed by atoms with Gasteiger partial charge in [-0.3, -0.25) is 4.79 Å². The number of carbonyl (C=O) groups is 1. The molecule has 0 saturated carbocycles. The fraction of sp³-hybridized carbons (Fsp3) is 0.462. The number of rotatable bonds is 6. The minimum atomic E-state index is -0.786. The number of para-hydroxylation sites is 1. The Kier molecular flexibility index (Phi) is 5.29. The van der Waals surface area contributed by atoms with E-state index < -0.39 is 5.97 Å². The molecule has 0 bridgehead atoms. The highest BCUT2D eigenvalue weighted by molar-refractivity contribution is 6.33. The summed E-state index contributed by atoms with van der Waals surface area (Å²) >= 11 is 6.13. The first-order chi connectivity index (χ1) is 8.00. The van der Waals surface area contributed by atoms with Crippen LogP contribution in [0.5, 0.6) is 0 Å². The van der Waals surface area contributed by atoms with Crippen molar-refractivity contribution in [2.45, 2.75) is 20.3 Å². The molecule has 1 N–H and O–H groups in total. The summed E-state index contributed by atoms with van der Waals surface area (Å²) in [5.74, 6) is -0.328. The SMILES string of the molecule is CC(C)CN(CCC(=O)O)c1ccccc1Cl. The summed E-state index contributed by atoms with van der Waals surface area (Å²) < 4.78 is 0. The second kappa shape index (κ2) is 6.50. The number of aliphatic carboxylic acids is 1. The summed E-state index contributed by atoms with van der Waals surface area (Å²) in [7, 11) is 0. The number of benzene rings is 1. The van der Waals surface area contributed by atoms with Gasteiger partial charge in [0.25, 0.3) is 0 Å². The summed E-state index contributed by atoms with van der Waals surface area (Å²) in [5.41, 5.74) is 0.907. The Morgan fingerprint density at radius 2 is 2.06 bits per heavy atom. The fourth-order valence-electron chi connectivity index (χ4n) is 1.69. The average molecular weight is 256 g/mol. The predicted molar refractivity (Wildman–Crippen MR) is 70.8 cm³/mol. The molecule has 0 saturated heterocycles. The molecule has 0 aliphatic rings. The van der Waals surface area contributed by atoms with E-state index in [1.807, 2.05) is 29.2 Å². The normalized spacial score (nSPS) is 10.6. The predicted octanol–water partition coefficient (Wildman–Crippen LogP) is 3.28. The second-order valence-electron chi connectivity index (χ2n) is 4.44. The Morgan fingerprint density at radius 3 is 2.59 bits per heavy atom. The molecule has 0 spiro atoms. The van der Waals surface area contributed by atoms with Gasteiger partial charge in [-0.2, -0.15) is 0 Å². The van der Waals surface area contributed by atoms with Gasteiger partial charge in [-0.05, 0) is 18.1 Å². The Morgan fingerprint density at radius 1 is 1.41 bits per heavy atom. The Labute approximate surface area is 107 Å². The Balaban J connectivity index is 2.82. The molecule has 0 unspecified atom stereocenters. The molecule has 1 aromatic carbocycles. The molecule has 0 radical (unpaired) electrons. The minimum Gasteiger partial charge on any atom is -0.481 e. The van der Waals surface area contributed by atoms with Crippen molar-refractivity contribution in [1.29, 1.82) is 0 Å². The van der Waals surface area contributed by atoms with Gasteiger partial charge in [0.2, 0.25) is 0 Å². The maximum Gasteiger partial charge on any atom is 0.305 e.